The maximum absolute atomic E-state index is 4.98. The molecule has 0 amide bonds. The zero-order valence-corrected chi connectivity index (χ0v) is 23.9. The van der Waals surface area contributed by atoms with Gasteiger partial charge < -0.3 is 4.40 Å². The van der Waals surface area contributed by atoms with Crippen molar-refractivity contribution in [1.82, 2.24) is 19.4 Å². The van der Waals surface area contributed by atoms with Crippen LogP contribution >= 0.6 is 15.9 Å². The van der Waals surface area contributed by atoms with Crippen molar-refractivity contribution in [2.45, 2.75) is 0 Å². The Kier molecular flexibility index (Phi) is 5.01. The minimum Gasteiger partial charge on any atom is -0.308 e. The Hall–Kier alpha value is -5.13. The summed E-state index contributed by atoms with van der Waals surface area (Å²) in [6, 6.07) is 44.4. The highest BCUT2D eigenvalue weighted by atomic mass is 79.9. The summed E-state index contributed by atoms with van der Waals surface area (Å²) in [5.74, 6) is 1.98. The van der Waals surface area contributed by atoms with Crippen LogP contribution in [0.5, 0.6) is 0 Å². The van der Waals surface area contributed by atoms with E-state index in [0.717, 1.165) is 21.2 Å². The molecular formula is C37H21BrN4. The van der Waals surface area contributed by atoms with Crippen LogP contribution < -0.4 is 0 Å². The average Bonchev–Trinajstić information content (AvgIpc) is 3.39. The van der Waals surface area contributed by atoms with Gasteiger partial charge in [-0.2, -0.15) is 0 Å². The summed E-state index contributed by atoms with van der Waals surface area (Å²) >= 11 is 3.79. The van der Waals surface area contributed by atoms with Gasteiger partial charge >= 0.3 is 0 Å². The fourth-order valence-electron chi connectivity index (χ4n) is 6.38. The number of aromatic nitrogens is 4. The summed E-state index contributed by atoms with van der Waals surface area (Å²) < 4.78 is 3.53. The molecule has 3 heterocycles. The Morgan fingerprint density at radius 2 is 1.02 bits per heavy atom. The maximum Gasteiger partial charge on any atom is 0.164 e. The number of hydrogen-bond donors (Lipinski definition) is 0. The second-order valence-corrected chi connectivity index (χ2v) is 11.5. The Bertz CT molecular complexity index is 2410. The smallest absolute Gasteiger partial charge is 0.164 e. The maximum atomic E-state index is 4.98. The van der Waals surface area contributed by atoms with Gasteiger partial charge in [-0.15, -0.1) is 0 Å². The van der Waals surface area contributed by atoms with Crippen molar-refractivity contribution in [3.8, 4) is 34.2 Å². The van der Waals surface area contributed by atoms with E-state index >= 15 is 0 Å². The molecule has 0 atom stereocenters. The van der Waals surface area contributed by atoms with E-state index in [4.69, 9.17) is 15.0 Å². The molecule has 9 rings (SSSR count). The van der Waals surface area contributed by atoms with Crippen LogP contribution in [0.1, 0.15) is 0 Å². The fraction of sp³-hybridized carbons (Fsp3) is 0. The first-order valence-corrected chi connectivity index (χ1v) is 14.7. The molecular weight excluding hydrogens is 580 g/mol. The van der Waals surface area contributed by atoms with Crippen LogP contribution in [0, 0.1) is 0 Å². The third kappa shape index (κ3) is 3.37. The van der Waals surface area contributed by atoms with E-state index in [1.165, 1.54) is 48.9 Å². The van der Waals surface area contributed by atoms with Gasteiger partial charge in [0.15, 0.2) is 17.5 Å². The zero-order valence-electron chi connectivity index (χ0n) is 22.3. The van der Waals surface area contributed by atoms with Crippen LogP contribution in [0.25, 0.3) is 83.0 Å². The molecule has 0 aliphatic heterocycles. The number of halogens is 1. The lowest BCUT2D eigenvalue weighted by atomic mass is 9.99. The van der Waals surface area contributed by atoms with Crippen LogP contribution in [0.2, 0.25) is 0 Å². The minimum atomic E-state index is 0.658. The Labute approximate surface area is 249 Å². The third-order valence-corrected chi connectivity index (χ3v) is 8.93. The number of fused-ring (bicyclic) bond motifs is 5. The SMILES string of the molecule is Brc1ccc2c3cccc4c5cc(-c6nc(-c7ccccc7)nc(-c7ccccc7)n6)ccc5n(c5cccc1c25)c34. The van der Waals surface area contributed by atoms with Crippen molar-refractivity contribution in [1.29, 1.82) is 0 Å². The second-order valence-electron chi connectivity index (χ2n) is 10.6. The first kappa shape index (κ1) is 23.6. The van der Waals surface area contributed by atoms with Crippen molar-refractivity contribution in [2.24, 2.45) is 0 Å². The molecule has 3 aromatic heterocycles. The molecule has 0 aliphatic rings. The minimum absolute atomic E-state index is 0.658. The van der Waals surface area contributed by atoms with Gasteiger partial charge in [-0.25, -0.2) is 15.0 Å². The average molecular weight is 602 g/mol. The molecule has 0 saturated heterocycles. The van der Waals surface area contributed by atoms with E-state index in [2.05, 4.69) is 87.1 Å². The highest BCUT2D eigenvalue weighted by Gasteiger charge is 2.19. The topological polar surface area (TPSA) is 43.1 Å². The quantitative estimate of drug-likeness (QED) is 0.150. The van der Waals surface area contributed by atoms with Gasteiger partial charge in [0.05, 0.1) is 16.6 Å². The molecule has 4 nitrogen and oxygen atoms in total. The predicted molar refractivity (Wildman–Crippen MR) is 176 cm³/mol. The van der Waals surface area contributed by atoms with E-state index in [1.807, 2.05) is 60.7 Å². The number of para-hydroxylation sites is 1. The standard InChI is InChI=1S/C37H21BrN4/c38-30-19-18-25-26-13-7-14-27-29-21-24(17-20-31(29)42(34(26)27)32-16-8-15-28(30)33(25)32)37-40-35(22-9-3-1-4-10-22)39-36(41-37)23-11-5-2-6-12-23/h1-21H. The summed E-state index contributed by atoms with van der Waals surface area (Å²) in [5.41, 5.74) is 6.49. The van der Waals surface area contributed by atoms with Crippen LogP contribution in [0.4, 0.5) is 0 Å². The van der Waals surface area contributed by atoms with Crippen molar-refractivity contribution in [3.63, 3.8) is 0 Å². The lowest BCUT2D eigenvalue weighted by Gasteiger charge is -2.13. The van der Waals surface area contributed by atoms with E-state index in [-0.39, 0.29) is 0 Å². The fourth-order valence-corrected chi connectivity index (χ4v) is 6.84. The third-order valence-electron chi connectivity index (χ3n) is 8.24. The molecule has 0 N–H and O–H groups in total. The lowest BCUT2D eigenvalue weighted by molar-refractivity contribution is 1.07. The van der Waals surface area contributed by atoms with Crippen molar-refractivity contribution in [3.05, 3.63) is 132 Å². The molecule has 0 fully saturated rings. The van der Waals surface area contributed by atoms with Crippen molar-refractivity contribution >= 4 is 64.8 Å². The van der Waals surface area contributed by atoms with Crippen LogP contribution in [0.3, 0.4) is 0 Å². The number of nitrogens with zero attached hydrogens (tertiary/aromatic N) is 4. The Balaban J connectivity index is 1.35. The molecule has 196 valence electrons. The summed E-state index contributed by atoms with van der Waals surface area (Å²) in [6.45, 7) is 0. The predicted octanol–water partition coefficient (Wildman–Crippen LogP) is 9.94. The summed E-state index contributed by atoms with van der Waals surface area (Å²) in [4.78, 5) is 14.8. The molecule has 0 bridgehead atoms. The highest BCUT2D eigenvalue weighted by Crippen LogP contribution is 2.42. The number of hydrogen-bond acceptors (Lipinski definition) is 3. The van der Waals surface area contributed by atoms with Gasteiger partial charge in [0.2, 0.25) is 0 Å². The highest BCUT2D eigenvalue weighted by molar-refractivity contribution is 9.10. The van der Waals surface area contributed by atoms with Crippen LogP contribution in [0.15, 0.2) is 132 Å². The molecule has 0 unspecified atom stereocenters. The van der Waals surface area contributed by atoms with E-state index in [1.54, 1.807) is 0 Å². The molecule has 6 aromatic carbocycles. The summed E-state index contributed by atoms with van der Waals surface area (Å²) in [6.07, 6.45) is 0. The van der Waals surface area contributed by atoms with Crippen molar-refractivity contribution in [2.75, 3.05) is 0 Å². The normalized spacial score (nSPS) is 11.9. The van der Waals surface area contributed by atoms with E-state index in [0.29, 0.717) is 17.5 Å². The number of benzene rings is 6. The van der Waals surface area contributed by atoms with Gasteiger partial charge in [-0.3, -0.25) is 0 Å². The lowest BCUT2D eigenvalue weighted by Crippen LogP contribution is -2.00. The van der Waals surface area contributed by atoms with Gasteiger partial charge in [0.1, 0.15) is 0 Å². The van der Waals surface area contributed by atoms with Crippen LogP contribution in [-0.2, 0) is 0 Å². The first-order chi connectivity index (χ1) is 20.7. The summed E-state index contributed by atoms with van der Waals surface area (Å²) in [7, 11) is 0. The van der Waals surface area contributed by atoms with E-state index in [9.17, 15) is 0 Å². The second kappa shape index (κ2) is 8.93. The molecule has 5 heteroatoms. The monoisotopic (exact) mass is 600 g/mol. The molecule has 42 heavy (non-hydrogen) atoms. The molecule has 0 aliphatic carbocycles. The molecule has 0 spiro atoms. The Morgan fingerprint density at radius 3 is 1.71 bits per heavy atom. The van der Waals surface area contributed by atoms with E-state index < -0.39 is 0 Å². The largest absolute Gasteiger partial charge is 0.308 e. The van der Waals surface area contributed by atoms with Crippen LogP contribution in [-0.4, -0.2) is 19.4 Å². The van der Waals surface area contributed by atoms with Gasteiger partial charge in [-0.05, 0) is 41.1 Å². The van der Waals surface area contributed by atoms with Gasteiger partial charge in [-0.1, -0.05) is 113 Å². The van der Waals surface area contributed by atoms with Gasteiger partial charge in [0, 0.05) is 42.7 Å². The zero-order chi connectivity index (χ0) is 27.8. The number of pyridine rings is 1. The number of rotatable bonds is 3. The summed E-state index contributed by atoms with van der Waals surface area (Å²) in [5, 5.41) is 7.40. The van der Waals surface area contributed by atoms with Gasteiger partial charge in [0.25, 0.3) is 0 Å². The van der Waals surface area contributed by atoms with Crippen molar-refractivity contribution < 1.29 is 0 Å². The molecule has 9 aromatic rings. The first-order valence-electron chi connectivity index (χ1n) is 13.9. The molecule has 0 saturated carbocycles. The molecule has 0 radical (unpaired) electrons. The Morgan fingerprint density at radius 1 is 0.429 bits per heavy atom.